The van der Waals surface area contributed by atoms with Crippen LogP contribution in [0.15, 0.2) is 42.5 Å². The Bertz CT molecular complexity index is 889. The summed E-state index contributed by atoms with van der Waals surface area (Å²) in [5.41, 5.74) is 2.00. The zero-order valence-electron chi connectivity index (χ0n) is 16.4. The molecule has 2 atom stereocenters. The molecule has 0 spiro atoms. The van der Waals surface area contributed by atoms with Crippen molar-refractivity contribution in [1.82, 2.24) is 5.32 Å². The topological polar surface area (TPSA) is 83.4 Å². The van der Waals surface area contributed by atoms with Gasteiger partial charge in [-0.15, -0.1) is 0 Å². The van der Waals surface area contributed by atoms with Crippen LogP contribution in [0.25, 0.3) is 0 Å². The summed E-state index contributed by atoms with van der Waals surface area (Å²) < 4.78 is 11.3. The van der Waals surface area contributed by atoms with Crippen LogP contribution in [-0.2, 0) is 4.79 Å². The molecule has 3 rings (SSSR count). The van der Waals surface area contributed by atoms with Crippen LogP contribution in [0.5, 0.6) is 11.5 Å². The maximum atomic E-state index is 12.7. The Balaban J connectivity index is 1.73. The molecule has 2 aromatic carbocycles. The van der Waals surface area contributed by atoms with E-state index in [0.717, 1.165) is 17.1 Å². The van der Waals surface area contributed by atoms with E-state index in [1.54, 1.807) is 24.3 Å². The lowest BCUT2D eigenvalue weighted by molar-refractivity contribution is -0.118. The molecule has 6 nitrogen and oxygen atoms in total. The average molecular weight is 379 g/mol. The highest BCUT2D eigenvalue weighted by Crippen LogP contribution is 2.34. The highest BCUT2D eigenvalue weighted by Gasteiger charge is 2.24. The lowest BCUT2D eigenvalue weighted by atomic mass is 9.94. The Morgan fingerprint density at radius 2 is 1.79 bits per heavy atom. The van der Waals surface area contributed by atoms with Crippen LogP contribution in [0.1, 0.15) is 37.9 Å². The molecular weight excluding hydrogens is 354 g/mol. The second kappa shape index (κ2) is 8.77. The smallest absolute Gasteiger partial charge is 0.241 e. The number of rotatable bonds is 6. The van der Waals surface area contributed by atoms with Gasteiger partial charge in [0, 0.05) is 6.04 Å². The van der Waals surface area contributed by atoms with E-state index in [2.05, 4.69) is 30.6 Å². The van der Waals surface area contributed by atoms with Crippen LogP contribution in [0.2, 0.25) is 0 Å². The zero-order valence-corrected chi connectivity index (χ0v) is 16.4. The van der Waals surface area contributed by atoms with E-state index in [0.29, 0.717) is 24.5 Å². The summed E-state index contributed by atoms with van der Waals surface area (Å²) in [7, 11) is 0. The van der Waals surface area contributed by atoms with Gasteiger partial charge >= 0.3 is 0 Å². The van der Waals surface area contributed by atoms with Crippen molar-refractivity contribution >= 4 is 11.6 Å². The maximum Gasteiger partial charge on any atom is 0.241 e. The van der Waals surface area contributed by atoms with E-state index in [4.69, 9.17) is 9.47 Å². The van der Waals surface area contributed by atoms with Crippen LogP contribution >= 0.6 is 0 Å². The molecule has 0 bridgehead atoms. The third-order valence-corrected chi connectivity index (χ3v) is 4.72. The first kappa shape index (κ1) is 19.7. The molecule has 2 N–H and O–H groups in total. The number of ether oxygens (including phenoxy) is 2. The van der Waals surface area contributed by atoms with E-state index >= 15 is 0 Å². The number of hydrogen-bond acceptors (Lipinski definition) is 5. The first-order valence-corrected chi connectivity index (χ1v) is 9.45. The Kier molecular flexibility index (Phi) is 6.17. The normalized spacial score (nSPS) is 14.8. The van der Waals surface area contributed by atoms with Gasteiger partial charge in [0.1, 0.15) is 19.3 Å². The fourth-order valence-electron chi connectivity index (χ4n) is 3.20. The molecule has 6 heteroatoms. The largest absolute Gasteiger partial charge is 0.486 e. The fraction of sp³-hybridized carbons (Fsp3) is 0.364. The van der Waals surface area contributed by atoms with E-state index in [9.17, 15) is 10.1 Å². The second-order valence-corrected chi connectivity index (χ2v) is 7.16. The van der Waals surface area contributed by atoms with Crippen molar-refractivity contribution in [3.8, 4) is 17.6 Å². The van der Waals surface area contributed by atoms with Crippen molar-refractivity contribution in [3.63, 3.8) is 0 Å². The molecule has 0 fully saturated rings. The second-order valence-electron chi connectivity index (χ2n) is 7.16. The molecule has 2 aromatic rings. The van der Waals surface area contributed by atoms with Crippen LogP contribution in [0, 0.1) is 17.2 Å². The monoisotopic (exact) mass is 379 g/mol. The van der Waals surface area contributed by atoms with Crippen molar-refractivity contribution in [2.45, 2.75) is 32.9 Å². The lowest BCUT2D eigenvalue weighted by Crippen LogP contribution is -2.41. The predicted octanol–water partition coefficient (Wildman–Crippen LogP) is 3.64. The number of hydrogen-bond donors (Lipinski definition) is 2. The van der Waals surface area contributed by atoms with E-state index in [-0.39, 0.29) is 17.9 Å². The van der Waals surface area contributed by atoms with Gasteiger partial charge in [0.2, 0.25) is 5.91 Å². The number of anilines is 1. The molecular formula is C22H25N3O3. The third kappa shape index (κ3) is 4.44. The summed E-state index contributed by atoms with van der Waals surface area (Å²) >= 11 is 0. The first-order chi connectivity index (χ1) is 13.5. The Morgan fingerprint density at radius 3 is 2.50 bits per heavy atom. The van der Waals surface area contributed by atoms with Crippen molar-refractivity contribution in [1.29, 1.82) is 5.26 Å². The summed E-state index contributed by atoms with van der Waals surface area (Å²) in [6.45, 7) is 7.11. The van der Waals surface area contributed by atoms with Crippen molar-refractivity contribution in [2.75, 3.05) is 18.5 Å². The zero-order chi connectivity index (χ0) is 20.1. The quantitative estimate of drug-likeness (QED) is 0.801. The van der Waals surface area contributed by atoms with Gasteiger partial charge < -0.3 is 14.8 Å². The van der Waals surface area contributed by atoms with Crippen LogP contribution in [0.3, 0.4) is 0 Å². The molecule has 1 amide bonds. The predicted molar refractivity (Wildman–Crippen MR) is 107 cm³/mol. The number of nitriles is 1. The summed E-state index contributed by atoms with van der Waals surface area (Å²) in [5, 5.41) is 15.4. The van der Waals surface area contributed by atoms with Gasteiger partial charge in [0.25, 0.3) is 0 Å². The molecule has 0 unspecified atom stereocenters. The van der Waals surface area contributed by atoms with Gasteiger partial charge in [-0.25, -0.2) is 0 Å². The summed E-state index contributed by atoms with van der Waals surface area (Å²) in [6, 6.07) is 14.5. The Morgan fingerprint density at radius 1 is 1.07 bits per heavy atom. The van der Waals surface area contributed by atoms with Gasteiger partial charge in [0.15, 0.2) is 11.5 Å². The number of benzene rings is 2. The molecule has 0 aromatic heterocycles. The Hall–Kier alpha value is -3.04. The number of nitrogens with zero attached hydrogens (tertiary/aromatic N) is 1. The maximum absolute atomic E-state index is 12.7. The number of carbonyl (C=O) groups excluding carboxylic acids is 1. The molecule has 0 saturated heterocycles. The number of para-hydroxylation sites is 1. The van der Waals surface area contributed by atoms with Crippen LogP contribution in [-0.4, -0.2) is 25.2 Å². The third-order valence-electron chi connectivity index (χ3n) is 4.72. The minimum absolute atomic E-state index is 0.0391. The fourth-order valence-corrected chi connectivity index (χ4v) is 3.20. The summed E-state index contributed by atoms with van der Waals surface area (Å²) in [5.74, 6) is 1.54. The van der Waals surface area contributed by atoms with Gasteiger partial charge in [-0.05, 0) is 42.7 Å². The van der Waals surface area contributed by atoms with Crippen LogP contribution in [0.4, 0.5) is 5.69 Å². The van der Waals surface area contributed by atoms with E-state index in [1.165, 1.54) is 0 Å². The van der Waals surface area contributed by atoms with Gasteiger partial charge in [-0.1, -0.05) is 32.0 Å². The highest BCUT2D eigenvalue weighted by atomic mass is 16.6. The summed E-state index contributed by atoms with van der Waals surface area (Å²) in [6.07, 6.45) is 0. The minimum atomic E-state index is -0.452. The molecule has 1 aliphatic rings. The molecule has 1 aliphatic heterocycles. The lowest BCUT2D eigenvalue weighted by Gasteiger charge is -2.28. The number of carbonyl (C=O) groups is 1. The number of amides is 1. The standard InChI is InChI=1S/C22H25N3O3/c1-14(2)21(16-8-9-19-20(12-16)28-11-10-27-19)24-15(3)22(26)25-18-7-5-4-6-17(18)13-23/h4-9,12,14-15,21,24H,10-11H2,1-3H3,(H,25,26)/t15-,21-/m1/s1. The van der Waals surface area contributed by atoms with Crippen molar-refractivity contribution in [3.05, 3.63) is 53.6 Å². The average Bonchev–Trinajstić information content (AvgIpc) is 2.71. The molecule has 0 radical (unpaired) electrons. The Labute approximate surface area is 165 Å². The molecule has 0 saturated carbocycles. The number of nitrogens with one attached hydrogen (secondary N) is 2. The highest BCUT2D eigenvalue weighted by molar-refractivity contribution is 5.95. The van der Waals surface area contributed by atoms with E-state index < -0.39 is 6.04 Å². The summed E-state index contributed by atoms with van der Waals surface area (Å²) in [4.78, 5) is 12.7. The first-order valence-electron chi connectivity index (χ1n) is 9.45. The molecule has 28 heavy (non-hydrogen) atoms. The van der Waals surface area contributed by atoms with Gasteiger partial charge in [0.05, 0.1) is 17.3 Å². The molecule has 1 heterocycles. The SMILES string of the molecule is CC(C)[C@@H](N[C@H](C)C(=O)Nc1ccccc1C#N)c1ccc2c(c1)OCCO2. The minimum Gasteiger partial charge on any atom is -0.486 e. The van der Waals surface area contributed by atoms with E-state index in [1.807, 2.05) is 25.1 Å². The van der Waals surface area contributed by atoms with Gasteiger partial charge in [-0.2, -0.15) is 5.26 Å². The van der Waals surface area contributed by atoms with Crippen molar-refractivity contribution < 1.29 is 14.3 Å². The van der Waals surface area contributed by atoms with Crippen molar-refractivity contribution in [2.24, 2.45) is 5.92 Å². The van der Waals surface area contributed by atoms with Gasteiger partial charge in [-0.3, -0.25) is 10.1 Å². The molecule has 0 aliphatic carbocycles. The number of fused-ring (bicyclic) bond motifs is 1. The van der Waals surface area contributed by atoms with Crippen LogP contribution < -0.4 is 20.1 Å². The molecule has 146 valence electrons.